The second-order valence-corrected chi connectivity index (χ2v) is 7.44. The van der Waals surface area contributed by atoms with E-state index in [4.69, 9.17) is 17.3 Å². The molecule has 2 N–H and O–H groups in total. The summed E-state index contributed by atoms with van der Waals surface area (Å²) in [5, 5.41) is 0.262. The van der Waals surface area contributed by atoms with Crippen molar-refractivity contribution in [2.75, 3.05) is 0 Å². The zero-order chi connectivity index (χ0) is 14.9. The molecule has 0 bridgehead atoms. The summed E-state index contributed by atoms with van der Waals surface area (Å²) in [5.74, 6) is 0.856. The van der Waals surface area contributed by atoms with Crippen LogP contribution < -0.4 is 5.73 Å². The monoisotopic (exact) mass is 297 g/mol. The summed E-state index contributed by atoms with van der Waals surface area (Å²) in [4.78, 5) is 0. The first-order chi connectivity index (χ1) is 9.31. The first kappa shape index (κ1) is 15.8. The molecule has 1 aromatic rings. The van der Waals surface area contributed by atoms with E-state index in [-0.39, 0.29) is 22.3 Å². The van der Waals surface area contributed by atoms with Crippen LogP contribution in [0.4, 0.5) is 4.39 Å². The smallest absolute Gasteiger partial charge is 0.142 e. The first-order valence-corrected chi connectivity index (χ1v) is 7.87. The molecule has 1 nitrogen and oxygen atoms in total. The molecular formula is C17H25ClFN. The van der Waals surface area contributed by atoms with Crippen molar-refractivity contribution in [1.82, 2.24) is 0 Å². The maximum Gasteiger partial charge on any atom is 0.142 e. The molecule has 0 spiro atoms. The average Bonchev–Trinajstić information content (AvgIpc) is 2.34. The number of hydrogen-bond acceptors (Lipinski definition) is 1. The van der Waals surface area contributed by atoms with E-state index < -0.39 is 0 Å². The third-order valence-electron chi connectivity index (χ3n) is 4.84. The summed E-state index contributed by atoms with van der Waals surface area (Å²) >= 11 is 6.09. The minimum absolute atomic E-state index is 0.0387. The molecule has 1 fully saturated rings. The number of rotatable bonds is 3. The molecule has 1 saturated carbocycles. The molecule has 3 atom stereocenters. The zero-order valence-corrected chi connectivity index (χ0v) is 13.4. The fourth-order valence-electron chi connectivity index (χ4n) is 3.70. The van der Waals surface area contributed by atoms with Crippen LogP contribution in [0, 0.1) is 23.1 Å². The molecule has 1 aliphatic rings. The van der Waals surface area contributed by atoms with Crippen molar-refractivity contribution < 1.29 is 4.39 Å². The normalized spacial score (nSPS) is 27.6. The third kappa shape index (κ3) is 3.35. The highest BCUT2D eigenvalue weighted by atomic mass is 35.5. The van der Waals surface area contributed by atoms with E-state index in [1.54, 1.807) is 6.07 Å². The molecule has 0 aliphatic heterocycles. The van der Waals surface area contributed by atoms with Crippen molar-refractivity contribution in [3.8, 4) is 0 Å². The van der Waals surface area contributed by atoms with Crippen molar-refractivity contribution in [3.05, 3.63) is 34.6 Å². The van der Waals surface area contributed by atoms with E-state index >= 15 is 0 Å². The highest BCUT2D eigenvalue weighted by molar-refractivity contribution is 6.31. The summed E-state index contributed by atoms with van der Waals surface area (Å²) in [7, 11) is 0. The summed E-state index contributed by atoms with van der Waals surface area (Å²) in [5.41, 5.74) is 7.30. The van der Waals surface area contributed by atoms with Crippen LogP contribution >= 0.6 is 11.6 Å². The average molecular weight is 298 g/mol. The summed E-state index contributed by atoms with van der Waals surface area (Å²) in [6.45, 7) is 6.73. The minimum Gasteiger partial charge on any atom is -0.327 e. The molecule has 1 aromatic carbocycles. The van der Waals surface area contributed by atoms with Gasteiger partial charge in [-0.2, -0.15) is 0 Å². The van der Waals surface area contributed by atoms with Gasteiger partial charge >= 0.3 is 0 Å². The van der Waals surface area contributed by atoms with Crippen LogP contribution in [0.2, 0.25) is 5.02 Å². The Morgan fingerprint density at radius 3 is 2.70 bits per heavy atom. The Morgan fingerprint density at radius 1 is 1.35 bits per heavy atom. The highest BCUT2D eigenvalue weighted by Crippen LogP contribution is 2.42. The van der Waals surface area contributed by atoms with Crippen molar-refractivity contribution in [2.45, 2.75) is 52.5 Å². The highest BCUT2D eigenvalue weighted by Gasteiger charge is 2.37. The fraction of sp³-hybridized carbons (Fsp3) is 0.647. The lowest BCUT2D eigenvalue weighted by molar-refractivity contribution is 0.113. The minimum atomic E-state index is -0.332. The Labute approximate surface area is 126 Å². The van der Waals surface area contributed by atoms with Gasteiger partial charge in [0.1, 0.15) is 5.82 Å². The maximum atomic E-state index is 13.6. The number of nitrogens with two attached hydrogens (primary N) is 1. The lowest BCUT2D eigenvalue weighted by Gasteiger charge is -2.43. The van der Waals surface area contributed by atoms with E-state index in [2.05, 4.69) is 20.8 Å². The lowest BCUT2D eigenvalue weighted by atomic mass is 9.64. The van der Waals surface area contributed by atoms with Crippen molar-refractivity contribution in [1.29, 1.82) is 0 Å². The van der Waals surface area contributed by atoms with Crippen LogP contribution in [0.25, 0.3) is 0 Å². The largest absolute Gasteiger partial charge is 0.327 e. The van der Waals surface area contributed by atoms with Crippen LogP contribution in [0.1, 0.15) is 45.6 Å². The van der Waals surface area contributed by atoms with Crippen molar-refractivity contribution in [2.24, 2.45) is 23.0 Å². The van der Waals surface area contributed by atoms with Gasteiger partial charge in [-0.05, 0) is 48.1 Å². The second kappa shape index (κ2) is 6.03. The quantitative estimate of drug-likeness (QED) is 0.851. The summed E-state index contributed by atoms with van der Waals surface area (Å²) in [6, 6.07) is 5.30. The van der Waals surface area contributed by atoms with Gasteiger partial charge in [0.15, 0.2) is 0 Å². The van der Waals surface area contributed by atoms with Gasteiger partial charge in [-0.25, -0.2) is 4.39 Å². The van der Waals surface area contributed by atoms with Gasteiger partial charge in [-0.15, -0.1) is 0 Å². The van der Waals surface area contributed by atoms with Gasteiger partial charge in [0, 0.05) is 6.04 Å². The molecule has 3 heteroatoms. The van der Waals surface area contributed by atoms with E-state index in [1.807, 2.05) is 6.07 Å². The third-order valence-corrected chi connectivity index (χ3v) is 5.27. The van der Waals surface area contributed by atoms with E-state index in [0.717, 1.165) is 30.7 Å². The molecule has 3 unspecified atom stereocenters. The van der Waals surface area contributed by atoms with Crippen LogP contribution in [0.15, 0.2) is 18.2 Å². The maximum absolute atomic E-state index is 13.6. The van der Waals surface area contributed by atoms with Gasteiger partial charge in [-0.1, -0.05) is 50.9 Å². The van der Waals surface area contributed by atoms with Gasteiger partial charge in [0.25, 0.3) is 0 Å². The first-order valence-electron chi connectivity index (χ1n) is 7.49. The Balaban J connectivity index is 2.16. The molecule has 20 heavy (non-hydrogen) atoms. The molecule has 2 rings (SSSR count). The lowest BCUT2D eigenvalue weighted by Crippen LogP contribution is -2.44. The van der Waals surface area contributed by atoms with E-state index in [0.29, 0.717) is 5.92 Å². The molecule has 0 saturated heterocycles. The van der Waals surface area contributed by atoms with Crippen LogP contribution in [-0.2, 0) is 6.42 Å². The Bertz CT molecular complexity index is 472. The van der Waals surface area contributed by atoms with Crippen LogP contribution in [-0.4, -0.2) is 6.04 Å². The molecular weight excluding hydrogens is 273 g/mol. The van der Waals surface area contributed by atoms with Gasteiger partial charge in [0.2, 0.25) is 0 Å². The molecule has 0 radical (unpaired) electrons. The standard InChI is InChI=1S/C17H25ClFN/c1-11-7-8-13(15(20)9-11)17(2,3)10-12-5-4-6-14(19)16(12)18/h4-6,11,13,15H,7-10,20H2,1-3H3. The molecule has 0 aromatic heterocycles. The summed E-state index contributed by atoms with van der Waals surface area (Å²) < 4.78 is 13.6. The number of halogens is 2. The fourth-order valence-corrected chi connectivity index (χ4v) is 3.89. The van der Waals surface area contributed by atoms with E-state index in [9.17, 15) is 4.39 Å². The molecule has 0 amide bonds. The van der Waals surface area contributed by atoms with E-state index in [1.165, 1.54) is 12.5 Å². The van der Waals surface area contributed by atoms with Crippen molar-refractivity contribution >= 4 is 11.6 Å². The molecule has 1 aliphatic carbocycles. The predicted molar refractivity (Wildman–Crippen MR) is 83.4 cm³/mol. The topological polar surface area (TPSA) is 26.0 Å². The SMILES string of the molecule is CC1CCC(C(C)(C)Cc2cccc(F)c2Cl)C(N)C1. The van der Waals surface area contributed by atoms with Gasteiger partial charge in [0.05, 0.1) is 5.02 Å². The number of hydrogen-bond donors (Lipinski definition) is 1. The predicted octanol–water partition coefficient (Wildman–Crippen LogP) is 4.81. The number of benzene rings is 1. The van der Waals surface area contributed by atoms with Crippen molar-refractivity contribution in [3.63, 3.8) is 0 Å². The Morgan fingerprint density at radius 2 is 2.05 bits per heavy atom. The van der Waals surface area contributed by atoms with Gasteiger partial charge in [-0.3, -0.25) is 0 Å². The van der Waals surface area contributed by atoms with Crippen LogP contribution in [0.3, 0.4) is 0 Å². The summed E-state index contributed by atoms with van der Waals surface area (Å²) in [6.07, 6.45) is 4.25. The second-order valence-electron chi connectivity index (χ2n) is 7.07. The molecule has 0 heterocycles. The van der Waals surface area contributed by atoms with Gasteiger partial charge < -0.3 is 5.73 Å². The van der Waals surface area contributed by atoms with Crippen LogP contribution in [0.5, 0.6) is 0 Å². The zero-order valence-electron chi connectivity index (χ0n) is 12.6. The molecule has 112 valence electrons. The Kier molecular flexibility index (Phi) is 4.76. The Hall–Kier alpha value is -0.600.